The summed E-state index contributed by atoms with van der Waals surface area (Å²) >= 11 is 0. The summed E-state index contributed by atoms with van der Waals surface area (Å²) in [7, 11) is 0. The van der Waals surface area contributed by atoms with Crippen LogP contribution in [0, 0.1) is 11.8 Å². The Morgan fingerprint density at radius 3 is 2.62 bits per heavy atom. The highest BCUT2D eigenvalue weighted by Crippen LogP contribution is 2.14. The number of nitrogens with zero attached hydrogens (tertiary/aromatic N) is 2. The van der Waals surface area contributed by atoms with Gasteiger partial charge in [-0.3, -0.25) is 4.68 Å². The summed E-state index contributed by atoms with van der Waals surface area (Å²) in [6, 6.07) is 9.62. The number of aliphatic hydroxyl groups is 1. The molecule has 0 saturated carbocycles. The molecule has 2 rings (SSSR count). The summed E-state index contributed by atoms with van der Waals surface area (Å²) in [4.78, 5) is 0. The molecule has 0 aliphatic carbocycles. The van der Waals surface area contributed by atoms with Gasteiger partial charge in [0.2, 0.25) is 0 Å². The Bertz CT molecular complexity index is 633. The molecule has 0 spiro atoms. The molecule has 1 N–H and O–H groups in total. The lowest BCUT2D eigenvalue weighted by Crippen LogP contribution is -2.06. The second-order valence-electron chi connectivity index (χ2n) is 4.57. The van der Waals surface area contributed by atoms with Crippen molar-refractivity contribution in [3.05, 3.63) is 47.3 Å². The van der Waals surface area contributed by atoms with Gasteiger partial charge in [-0.05, 0) is 43.7 Å². The minimum absolute atomic E-state index is 0.126. The van der Waals surface area contributed by atoms with Gasteiger partial charge in [0.15, 0.2) is 0 Å². The highest BCUT2D eigenvalue weighted by atomic mass is 16.5. The zero-order valence-corrected chi connectivity index (χ0v) is 12.5. The molecule has 0 bridgehead atoms. The fourth-order valence-corrected chi connectivity index (χ4v) is 2.01. The topological polar surface area (TPSA) is 47.3 Å². The van der Waals surface area contributed by atoms with E-state index in [0.717, 1.165) is 35.7 Å². The fraction of sp³-hybridized carbons (Fsp3) is 0.353. The lowest BCUT2D eigenvalue weighted by Gasteiger charge is -2.07. The van der Waals surface area contributed by atoms with Gasteiger partial charge in [-0.15, -0.1) is 0 Å². The van der Waals surface area contributed by atoms with Gasteiger partial charge in [0, 0.05) is 12.1 Å². The van der Waals surface area contributed by atoms with Crippen molar-refractivity contribution in [3.8, 4) is 17.6 Å². The van der Waals surface area contributed by atoms with Crippen LogP contribution in [0.25, 0.3) is 0 Å². The first-order chi connectivity index (χ1) is 10.3. The zero-order valence-electron chi connectivity index (χ0n) is 12.5. The van der Waals surface area contributed by atoms with Crippen LogP contribution in [0.2, 0.25) is 0 Å². The summed E-state index contributed by atoms with van der Waals surface area (Å²) in [5, 5.41) is 13.2. The smallest absolute Gasteiger partial charge is 0.130 e. The molecule has 2 aromatic rings. The first-order valence-corrected chi connectivity index (χ1v) is 7.15. The van der Waals surface area contributed by atoms with Crippen LogP contribution < -0.4 is 4.74 Å². The molecule has 0 fully saturated rings. The van der Waals surface area contributed by atoms with Crippen molar-refractivity contribution < 1.29 is 9.84 Å². The lowest BCUT2D eigenvalue weighted by molar-refractivity contribution is 0.292. The highest BCUT2D eigenvalue weighted by Gasteiger charge is 2.06. The lowest BCUT2D eigenvalue weighted by atomic mass is 10.2. The third-order valence-electron chi connectivity index (χ3n) is 3.13. The summed E-state index contributed by atoms with van der Waals surface area (Å²) in [6.45, 7) is 5.39. The maximum atomic E-state index is 8.66. The van der Waals surface area contributed by atoms with Gasteiger partial charge < -0.3 is 9.84 Å². The minimum atomic E-state index is -0.126. The zero-order chi connectivity index (χ0) is 15.1. The molecule has 0 atom stereocenters. The number of aliphatic hydroxyl groups excluding tert-OH is 1. The van der Waals surface area contributed by atoms with E-state index in [-0.39, 0.29) is 6.61 Å². The van der Waals surface area contributed by atoms with Gasteiger partial charge in [0.25, 0.3) is 0 Å². The molecule has 0 amide bonds. The molecule has 1 heterocycles. The summed E-state index contributed by atoms with van der Waals surface area (Å²) < 4.78 is 7.77. The van der Waals surface area contributed by atoms with Crippen molar-refractivity contribution in [1.29, 1.82) is 0 Å². The molecule has 0 saturated heterocycles. The molecule has 1 aromatic heterocycles. The second kappa shape index (κ2) is 7.51. The van der Waals surface area contributed by atoms with Gasteiger partial charge in [0.1, 0.15) is 19.0 Å². The van der Waals surface area contributed by atoms with Crippen molar-refractivity contribution in [2.45, 2.75) is 33.4 Å². The van der Waals surface area contributed by atoms with Crippen LogP contribution in [0.1, 0.15) is 30.8 Å². The molecule has 110 valence electrons. The normalized spacial score (nSPS) is 10.0. The third kappa shape index (κ3) is 4.11. The Balaban J connectivity index is 2.01. The van der Waals surface area contributed by atoms with Gasteiger partial charge in [-0.2, -0.15) is 5.10 Å². The number of aromatic nitrogens is 2. The molecular weight excluding hydrogens is 264 g/mol. The SMILES string of the molecule is CCc1cc(COc2ccc(C#CCO)cc2)n(CC)n1. The van der Waals surface area contributed by atoms with E-state index in [2.05, 4.69) is 36.9 Å². The summed E-state index contributed by atoms with van der Waals surface area (Å²) in [6.07, 6.45) is 0.929. The van der Waals surface area contributed by atoms with Gasteiger partial charge >= 0.3 is 0 Å². The Hall–Kier alpha value is -2.25. The second-order valence-corrected chi connectivity index (χ2v) is 4.57. The quantitative estimate of drug-likeness (QED) is 0.858. The predicted molar refractivity (Wildman–Crippen MR) is 82.0 cm³/mol. The fourth-order valence-electron chi connectivity index (χ4n) is 2.01. The van der Waals surface area contributed by atoms with Crippen LogP contribution in [-0.2, 0) is 19.6 Å². The molecule has 21 heavy (non-hydrogen) atoms. The van der Waals surface area contributed by atoms with Crippen molar-refractivity contribution in [2.75, 3.05) is 6.61 Å². The Kier molecular flexibility index (Phi) is 5.42. The Morgan fingerprint density at radius 1 is 1.24 bits per heavy atom. The van der Waals surface area contributed by atoms with Crippen molar-refractivity contribution in [1.82, 2.24) is 9.78 Å². The number of ether oxygens (including phenoxy) is 1. The van der Waals surface area contributed by atoms with Crippen LogP contribution >= 0.6 is 0 Å². The number of rotatable bonds is 5. The average molecular weight is 284 g/mol. The number of hydrogen-bond acceptors (Lipinski definition) is 3. The van der Waals surface area contributed by atoms with Crippen LogP contribution in [0.3, 0.4) is 0 Å². The van der Waals surface area contributed by atoms with Crippen molar-refractivity contribution in [3.63, 3.8) is 0 Å². The third-order valence-corrected chi connectivity index (χ3v) is 3.13. The van der Waals surface area contributed by atoms with E-state index in [4.69, 9.17) is 9.84 Å². The maximum absolute atomic E-state index is 8.66. The van der Waals surface area contributed by atoms with E-state index >= 15 is 0 Å². The maximum Gasteiger partial charge on any atom is 0.130 e. The summed E-state index contributed by atoms with van der Waals surface area (Å²) in [5.74, 6) is 6.27. The Morgan fingerprint density at radius 2 is 2.00 bits per heavy atom. The molecule has 0 radical (unpaired) electrons. The Labute approximate surface area is 125 Å². The molecule has 4 heteroatoms. The van der Waals surface area contributed by atoms with Gasteiger partial charge in [-0.25, -0.2) is 0 Å². The van der Waals surface area contributed by atoms with E-state index in [1.807, 2.05) is 28.9 Å². The minimum Gasteiger partial charge on any atom is -0.487 e. The molecule has 0 aliphatic heterocycles. The largest absolute Gasteiger partial charge is 0.487 e. The molecule has 0 aliphatic rings. The number of benzene rings is 1. The van der Waals surface area contributed by atoms with Gasteiger partial charge in [-0.1, -0.05) is 18.8 Å². The van der Waals surface area contributed by atoms with Crippen molar-refractivity contribution in [2.24, 2.45) is 0 Å². The first-order valence-electron chi connectivity index (χ1n) is 7.15. The molecule has 4 nitrogen and oxygen atoms in total. The van der Waals surface area contributed by atoms with Crippen LogP contribution in [-0.4, -0.2) is 21.5 Å². The van der Waals surface area contributed by atoms with E-state index in [1.54, 1.807) is 0 Å². The van der Waals surface area contributed by atoms with Crippen molar-refractivity contribution >= 4 is 0 Å². The average Bonchev–Trinajstić information content (AvgIpc) is 2.94. The molecular formula is C17H20N2O2. The number of hydrogen-bond donors (Lipinski definition) is 1. The molecule has 0 unspecified atom stereocenters. The van der Waals surface area contributed by atoms with E-state index in [0.29, 0.717) is 6.61 Å². The van der Waals surface area contributed by atoms with Crippen LogP contribution in [0.4, 0.5) is 0 Å². The highest BCUT2D eigenvalue weighted by molar-refractivity contribution is 5.38. The first kappa shape index (κ1) is 15.1. The van der Waals surface area contributed by atoms with E-state index in [1.165, 1.54) is 0 Å². The molecule has 1 aromatic carbocycles. The van der Waals surface area contributed by atoms with Crippen LogP contribution in [0.15, 0.2) is 30.3 Å². The standard InChI is InChI=1S/C17H20N2O2/c1-3-15-12-16(19(4-2)18-15)13-21-17-9-7-14(8-10-17)6-5-11-20/h7-10,12,20H,3-4,11,13H2,1-2H3. The van der Waals surface area contributed by atoms with E-state index < -0.39 is 0 Å². The monoisotopic (exact) mass is 284 g/mol. The van der Waals surface area contributed by atoms with Gasteiger partial charge in [0.05, 0.1) is 11.4 Å². The summed E-state index contributed by atoms with van der Waals surface area (Å²) in [5.41, 5.74) is 3.03. The number of aryl methyl sites for hydroxylation is 2. The van der Waals surface area contributed by atoms with E-state index in [9.17, 15) is 0 Å². The van der Waals surface area contributed by atoms with Crippen LogP contribution in [0.5, 0.6) is 5.75 Å². The predicted octanol–water partition coefficient (Wildman–Crippen LogP) is 2.39.